The Hall–Kier alpha value is -4.23. The first-order valence-corrected chi connectivity index (χ1v) is 20.1. The van der Waals surface area contributed by atoms with E-state index in [0.29, 0.717) is 5.56 Å². The van der Waals surface area contributed by atoms with Gasteiger partial charge in [-0.2, -0.15) is 0 Å². The second kappa shape index (κ2) is 15.6. The average molecular weight is 673 g/mol. The minimum Gasteiger partial charge on any atom is -0.298 e. The molecule has 2 aliphatic rings. The van der Waals surface area contributed by atoms with Gasteiger partial charge >= 0.3 is 0 Å². The van der Waals surface area contributed by atoms with Crippen molar-refractivity contribution < 1.29 is 4.79 Å². The third-order valence-electron chi connectivity index (χ3n) is 12.3. The number of carbonyl (C=O) groups is 1. The molecular formula is C50H56O. The Morgan fingerprint density at radius 3 is 1.53 bits per heavy atom. The van der Waals surface area contributed by atoms with E-state index in [-0.39, 0.29) is 5.41 Å². The molecule has 0 aliphatic heterocycles. The summed E-state index contributed by atoms with van der Waals surface area (Å²) in [4.78, 5) is 11.8. The van der Waals surface area contributed by atoms with Gasteiger partial charge in [0.1, 0.15) is 6.29 Å². The van der Waals surface area contributed by atoms with Gasteiger partial charge in [-0.15, -0.1) is 0 Å². The Labute approximate surface area is 307 Å². The van der Waals surface area contributed by atoms with Crippen LogP contribution in [0.2, 0.25) is 0 Å². The Bertz CT molecular complexity index is 1930. The number of hydrogen-bond donors (Lipinski definition) is 0. The van der Waals surface area contributed by atoms with E-state index in [1.54, 1.807) is 11.1 Å². The van der Waals surface area contributed by atoms with Crippen LogP contribution >= 0.6 is 0 Å². The minimum absolute atomic E-state index is 0.0339. The number of aryl methyl sites for hydroxylation is 1. The second-order valence-electron chi connectivity index (χ2n) is 15.5. The van der Waals surface area contributed by atoms with Crippen LogP contribution in [0.4, 0.5) is 0 Å². The molecule has 0 aromatic heterocycles. The molecule has 0 bridgehead atoms. The summed E-state index contributed by atoms with van der Waals surface area (Å²) in [6.45, 7) is 6.79. The van der Waals surface area contributed by atoms with Gasteiger partial charge in [0.15, 0.2) is 0 Å². The van der Waals surface area contributed by atoms with Crippen molar-refractivity contribution in [3.63, 3.8) is 0 Å². The fraction of sp³-hybridized carbons (Fsp3) is 0.380. The first kappa shape index (κ1) is 35.2. The van der Waals surface area contributed by atoms with Crippen LogP contribution in [0, 0.1) is 6.92 Å². The molecule has 0 spiro atoms. The lowest BCUT2D eigenvalue weighted by atomic mass is 9.66. The van der Waals surface area contributed by atoms with E-state index in [9.17, 15) is 4.79 Å². The fourth-order valence-electron chi connectivity index (χ4n) is 9.70. The number of aldehydes is 1. The van der Waals surface area contributed by atoms with Crippen LogP contribution in [0.25, 0.3) is 22.3 Å². The zero-order valence-corrected chi connectivity index (χ0v) is 31.3. The summed E-state index contributed by atoms with van der Waals surface area (Å²) in [6.07, 6.45) is 19.2. The van der Waals surface area contributed by atoms with E-state index in [1.807, 2.05) is 12.1 Å². The van der Waals surface area contributed by atoms with Crippen molar-refractivity contribution in [2.24, 2.45) is 0 Å². The van der Waals surface area contributed by atoms with Gasteiger partial charge < -0.3 is 0 Å². The van der Waals surface area contributed by atoms with Crippen molar-refractivity contribution in [1.29, 1.82) is 0 Å². The SMILES string of the molecule is CCCCCCCCC1(CCCCCCCC)c2ccccc2-c2cc3c(cc21)-c1ccccc1C3(c1ccc(C)cc1)c1ccc(C=O)cc1. The van der Waals surface area contributed by atoms with Gasteiger partial charge in [0.05, 0.1) is 5.41 Å². The van der Waals surface area contributed by atoms with E-state index in [4.69, 9.17) is 0 Å². The first-order valence-electron chi connectivity index (χ1n) is 20.1. The summed E-state index contributed by atoms with van der Waals surface area (Å²) in [7, 11) is 0. The molecule has 1 heteroatoms. The van der Waals surface area contributed by atoms with E-state index in [1.165, 1.54) is 140 Å². The molecule has 262 valence electrons. The van der Waals surface area contributed by atoms with Crippen LogP contribution in [0.3, 0.4) is 0 Å². The summed E-state index contributed by atoms with van der Waals surface area (Å²) in [5.74, 6) is 0. The number of hydrogen-bond acceptors (Lipinski definition) is 1. The Balaban J connectivity index is 1.42. The van der Waals surface area contributed by atoms with Gasteiger partial charge in [0, 0.05) is 11.0 Å². The summed E-state index contributed by atoms with van der Waals surface area (Å²) >= 11 is 0. The molecule has 0 fully saturated rings. The van der Waals surface area contributed by atoms with Crippen LogP contribution in [0.5, 0.6) is 0 Å². The zero-order chi connectivity index (χ0) is 35.3. The van der Waals surface area contributed by atoms with Gasteiger partial charge in [0.2, 0.25) is 0 Å². The minimum atomic E-state index is -0.491. The van der Waals surface area contributed by atoms with E-state index in [0.717, 1.165) is 6.29 Å². The highest BCUT2D eigenvalue weighted by molar-refractivity contribution is 5.92. The third kappa shape index (κ3) is 6.32. The van der Waals surface area contributed by atoms with Gasteiger partial charge in [-0.25, -0.2) is 0 Å². The predicted octanol–water partition coefficient (Wildman–Crippen LogP) is 13.9. The molecule has 2 aliphatic carbocycles. The number of carbonyl (C=O) groups excluding carboxylic acids is 1. The molecule has 0 amide bonds. The van der Waals surface area contributed by atoms with E-state index >= 15 is 0 Å². The lowest BCUT2D eigenvalue weighted by Crippen LogP contribution is -2.29. The lowest BCUT2D eigenvalue weighted by molar-refractivity contribution is 0.112. The first-order chi connectivity index (χ1) is 25.1. The highest BCUT2D eigenvalue weighted by Crippen LogP contribution is 2.61. The summed E-state index contributed by atoms with van der Waals surface area (Å²) in [6, 6.07) is 41.3. The molecular weight excluding hydrogens is 617 g/mol. The quantitative estimate of drug-likeness (QED) is 0.0696. The van der Waals surface area contributed by atoms with Crippen molar-refractivity contribution in [3.8, 4) is 22.3 Å². The maximum absolute atomic E-state index is 11.8. The number of unbranched alkanes of at least 4 members (excludes halogenated alkanes) is 10. The molecule has 1 atom stereocenters. The molecule has 0 heterocycles. The predicted molar refractivity (Wildman–Crippen MR) is 216 cm³/mol. The van der Waals surface area contributed by atoms with Gasteiger partial charge in [0.25, 0.3) is 0 Å². The maximum atomic E-state index is 11.8. The van der Waals surface area contributed by atoms with Crippen molar-refractivity contribution >= 4 is 6.29 Å². The zero-order valence-electron chi connectivity index (χ0n) is 31.3. The molecule has 0 radical (unpaired) electrons. The van der Waals surface area contributed by atoms with E-state index < -0.39 is 5.41 Å². The normalized spacial score (nSPS) is 16.4. The van der Waals surface area contributed by atoms with Gasteiger partial charge in [-0.3, -0.25) is 4.79 Å². The summed E-state index contributed by atoms with van der Waals surface area (Å²) in [5, 5.41) is 0. The molecule has 5 aromatic rings. The smallest absolute Gasteiger partial charge is 0.150 e. The monoisotopic (exact) mass is 672 g/mol. The molecule has 5 aromatic carbocycles. The highest BCUT2D eigenvalue weighted by atomic mass is 16.1. The highest BCUT2D eigenvalue weighted by Gasteiger charge is 2.49. The van der Waals surface area contributed by atoms with Crippen molar-refractivity contribution in [2.75, 3.05) is 0 Å². The van der Waals surface area contributed by atoms with Gasteiger partial charge in [-0.1, -0.05) is 194 Å². The van der Waals surface area contributed by atoms with Crippen LogP contribution < -0.4 is 0 Å². The van der Waals surface area contributed by atoms with Crippen LogP contribution in [0.15, 0.2) is 109 Å². The van der Waals surface area contributed by atoms with Crippen molar-refractivity contribution in [1.82, 2.24) is 0 Å². The standard InChI is InChI=1S/C50H56O/c1-4-6-8-10-12-18-32-49(33-19-13-11-9-7-5-2)45-22-16-14-20-41(45)43-35-48-44(34-47(43)49)42-21-15-17-23-46(42)50(48,39-28-24-37(3)25-29-39)40-30-26-38(36-51)27-31-40/h14-17,20-31,34-36H,4-13,18-19,32-33H2,1-3H3. The summed E-state index contributed by atoms with van der Waals surface area (Å²) in [5.41, 5.74) is 15.3. The maximum Gasteiger partial charge on any atom is 0.150 e. The largest absolute Gasteiger partial charge is 0.298 e. The molecule has 7 rings (SSSR count). The van der Waals surface area contributed by atoms with Crippen LogP contribution in [-0.2, 0) is 10.8 Å². The van der Waals surface area contributed by atoms with Crippen molar-refractivity contribution in [2.45, 2.75) is 121 Å². The average Bonchev–Trinajstić information content (AvgIpc) is 3.61. The number of benzene rings is 5. The molecule has 51 heavy (non-hydrogen) atoms. The molecule has 1 nitrogen and oxygen atoms in total. The third-order valence-corrected chi connectivity index (χ3v) is 12.3. The van der Waals surface area contributed by atoms with Gasteiger partial charge in [-0.05, 0) is 87.5 Å². The molecule has 1 unspecified atom stereocenters. The Morgan fingerprint density at radius 2 is 0.941 bits per heavy atom. The lowest BCUT2D eigenvalue weighted by Gasteiger charge is -2.35. The Kier molecular flexibility index (Phi) is 10.7. The van der Waals surface area contributed by atoms with Crippen LogP contribution in [-0.4, -0.2) is 6.29 Å². The summed E-state index contributed by atoms with van der Waals surface area (Å²) < 4.78 is 0. The Morgan fingerprint density at radius 1 is 0.471 bits per heavy atom. The molecule has 0 N–H and O–H groups in total. The number of fused-ring (bicyclic) bond motifs is 6. The molecule has 0 saturated heterocycles. The number of rotatable bonds is 17. The van der Waals surface area contributed by atoms with Crippen molar-refractivity contribution in [3.05, 3.63) is 154 Å². The fourth-order valence-corrected chi connectivity index (χ4v) is 9.70. The second-order valence-corrected chi connectivity index (χ2v) is 15.5. The topological polar surface area (TPSA) is 17.1 Å². The van der Waals surface area contributed by atoms with Crippen LogP contribution in [0.1, 0.15) is 153 Å². The van der Waals surface area contributed by atoms with E-state index in [2.05, 4.69) is 118 Å². The molecule has 0 saturated carbocycles.